The van der Waals surface area contributed by atoms with Crippen LogP contribution in [0, 0.1) is 6.92 Å². The molecular formula is C12H20N2S. The number of thioether (sulfide) groups is 1. The minimum atomic E-state index is 1.000. The zero-order valence-electron chi connectivity index (χ0n) is 9.62. The van der Waals surface area contributed by atoms with E-state index in [0.29, 0.717) is 0 Å². The summed E-state index contributed by atoms with van der Waals surface area (Å²) in [5.41, 5.74) is 1.26. The van der Waals surface area contributed by atoms with Gasteiger partial charge in [-0.25, -0.2) is 4.98 Å². The van der Waals surface area contributed by atoms with Crippen LogP contribution in [0.2, 0.25) is 0 Å². The summed E-state index contributed by atoms with van der Waals surface area (Å²) in [6.45, 7) is 3.12. The summed E-state index contributed by atoms with van der Waals surface area (Å²) in [6.07, 6.45) is 7.88. The molecule has 1 heterocycles. The highest BCUT2D eigenvalue weighted by molar-refractivity contribution is 7.98. The molecule has 3 heteroatoms. The normalized spacial score (nSPS) is 10.3. The number of aryl methyl sites for hydroxylation is 1. The average Bonchev–Trinajstić information content (AvgIpc) is 2.23. The van der Waals surface area contributed by atoms with Crippen LogP contribution in [0.3, 0.4) is 0 Å². The lowest BCUT2D eigenvalue weighted by Gasteiger charge is -2.05. The predicted octanol–water partition coefficient (Wildman–Crippen LogP) is 3.34. The monoisotopic (exact) mass is 224 g/mol. The van der Waals surface area contributed by atoms with Crippen LogP contribution < -0.4 is 5.32 Å². The Morgan fingerprint density at radius 1 is 1.33 bits per heavy atom. The van der Waals surface area contributed by atoms with Gasteiger partial charge in [0.15, 0.2) is 0 Å². The highest BCUT2D eigenvalue weighted by Crippen LogP contribution is 2.06. The van der Waals surface area contributed by atoms with Crippen LogP contribution in [-0.2, 0) is 0 Å². The first-order chi connectivity index (χ1) is 7.33. The topological polar surface area (TPSA) is 24.9 Å². The number of anilines is 1. The Hall–Kier alpha value is -0.700. The SMILES string of the molecule is CSCCCCCNc1cc(C)ccn1. The Kier molecular flexibility index (Phi) is 6.25. The molecule has 0 spiro atoms. The summed E-state index contributed by atoms with van der Waals surface area (Å²) in [5, 5.41) is 3.34. The lowest BCUT2D eigenvalue weighted by atomic mass is 10.2. The molecular weight excluding hydrogens is 204 g/mol. The minimum absolute atomic E-state index is 1.000. The summed E-state index contributed by atoms with van der Waals surface area (Å²) in [7, 11) is 0. The number of unbranched alkanes of at least 4 members (excludes halogenated alkanes) is 2. The molecule has 0 aliphatic heterocycles. The standard InChI is InChI=1S/C12H20N2S/c1-11-6-8-14-12(10-11)13-7-4-3-5-9-15-2/h6,8,10H,3-5,7,9H2,1-2H3,(H,13,14). The van der Waals surface area contributed by atoms with Crippen LogP contribution in [0.5, 0.6) is 0 Å². The molecule has 0 saturated heterocycles. The van der Waals surface area contributed by atoms with Crippen molar-refractivity contribution in [3.05, 3.63) is 23.9 Å². The van der Waals surface area contributed by atoms with Gasteiger partial charge in [0.25, 0.3) is 0 Å². The highest BCUT2D eigenvalue weighted by atomic mass is 32.2. The van der Waals surface area contributed by atoms with Gasteiger partial charge in [0.2, 0.25) is 0 Å². The first kappa shape index (κ1) is 12.4. The van der Waals surface area contributed by atoms with Crippen molar-refractivity contribution in [3.8, 4) is 0 Å². The van der Waals surface area contributed by atoms with Crippen LogP contribution in [0.15, 0.2) is 18.3 Å². The fraction of sp³-hybridized carbons (Fsp3) is 0.583. The first-order valence-corrected chi connectivity index (χ1v) is 6.88. The number of hydrogen-bond acceptors (Lipinski definition) is 3. The van der Waals surface area contributed by atoms with E-state index in [1.54, 1.807) is 0 Å². The van der Waals surface area contributed by atoms with Gasteiger partial charge in [-0.05, 0) is 49.5 Å². The van der Waals surface area contributed by atoms with E-state index in [-0.39, 0.29) is 0 Å². The van der Waals surface area contributed by atoms with Gasteiger partial charge in [0, 0.05) is 12.7 Å². The summed E-state index contributed by atoms with van der Waals surface area (Å²) in [5.74, 6) is 2.28. The van der Waals surface area contributed by atoms with E-state index in [4.69, 9.17) is 0 Å². The number of nitrogens with zero attached hydrogens (tertiary/aromatic N) is 1. The van der Waals surface area contributed by atoms with Gasteiger partial charge in [-0.2, -0.15) is 11.8 Å². The first-order valence-electron chi connectivity index (χ1n) is 5.48. The zero-order chi connectivity index (χ0) is 10.9. The molecule has 0 atom stereocenters. The van der Waals surface area contributed by atoms with Crippen molar-refractivity contribution in [3.63, 3.8) is 0 Å². The van der Waals surface area contributed by atoms with Crippen molar-refractivity contribution in [2.45, 2.75) is 26.2 Å². The maximum absolute atomic E-state index is 4.26. The molecule has 0 unspecified atom stereocenters. The largest absolute Gasteiger partial charge is 0.370 e. The van der Waals surface area contributed by atoms with Gasteiger partial charge in [-0.1, -0.05) is 6.42 Å². The van der Waals surface area contributed by atoms with E-state index in [2.05, 4.69) is 29.5 Å². The van der Waals surface area contributed by atoms with Crippen molar-refractivity contribution >= 4 is 17.6 Å². The number of aromatic nitrogens is 1. The Balaban J connectivity index is 2.10. The lowest BCUT2D eigenvalue weighted by Crippen LogP contribution is -2.03. The molecule has 0 aliphatic rings. The van der Waals surface area contributed by atoms with Crippen molar-refractivity contribution in [1.29, 1.82) is 0 Å². The Labute approximate surface area is 96.9 Å². The molecule has 0 bridgehead atoms. The van der Waals surface area contributed by atoms with Crippen molar-refractivity contribution < 1.29 is 0 Å². The third-order valence-corrected chi connectivity index (χ3v) is 2.94. The van der Waals surface area contributed by atoms with Crippen LogP contribution in [0.4, 0.5) is 5.82 Å². The smallest absolute Gasteiger partial charge is 0.126 e. The van der Waals surface area contributed by atoms with E-state index in [0.717, 1.165) is 12.4 Å². The fourth-order valence-electron chi connectivity index (χ4n) is 1.40. The van der Waals surface area contributed by atoms with Gasteiger partial charge in [-0.15, -0.1) is 0 Å². The molecule has 0 aliphatic carbocycles. The maximum Gasteiger partial charge on any atom is 0.126 e. The number of nitrogens with one attached hydrogen (secondary N) is 1. The Morgan fingerprint density at radius 2 is 2.20 bits per heavy atom. The highest BCUT2D eigenvalue weighted by Gasteiger charge is 1.93. The molecule has 15 heavy (non-hydrogen) atoms. The van der Waals surface area contributed by atoms with E-state index in [9.17, 15) is 0 Å². The Bertz CT molecular complexity index is 276. The van der Waals surface area contributed by atoms with Crippen LogP contribution >= 0.6 is 11.8 Å². The molecule has 84 valence electrons. The minimum Gasteiger partial charge on any atom is -0.370 e. The molecule has 0 radical (unpaired) electrons. The van der Waals surface area contributed by atoms with Crippen LogP contribution in [0.1, 0.15) is 24.8 Å². The zero-order valence-corrected chi connectivity index (χ0v) is 10.4. The third kappa shape index (κ3) is 5.67. The van der Waals surface area contributed by atoms with E-state index < -0.39 is 0 Å². The van der Waals surface area contributed by atoms with Gasteiger partial charge in [0.05, 0.1) is 0 Å². The summed E-state index contributed by atoms with van der Waals surface area (Å²) >= 11 is 1.93. The lowest BCUT2D eigenvalue weighted by molar-refractivity contribution is 0.748. The molecule has 1 N–H and O–H groups in total. The van der Waals surface area contributed by atoms with E-state index in [1.165, 1.54) is 30.6 Å². The molecule has 0 aromatic carbocycles. The molecule has 0 fully saturated rings. The van der Waals surface area contributed by atoms with Gasteiger partial charge >= 0.3 is 0 Å². The molecule has 1 aromatic heterocycles. The number of rotatable bonds is 7. The molecule has 0 amide bonds. The fourth-order valence-corrected chi connectivity index (χ4v) is 1.89. The molecule has 0 saturated carbocycles. The summed E-state index contributed by atoms with van der Waals surface area (Å²) in [4.78, 5) is 4.26. The van der Waals surface area contributed by atoms with E-state index in [1.807, 2.05) is 24.0 Å². The van der Waals surface area contributed by atoms with Crippen molar-refractivity contribution in [2.24, 2.45) is 0 Å². The van der Waals surface area contributed by atoms with Gasteiger partial charge in [0.1, 0.15) is 5.82 Å². The third-order valence-electron chi connectivity index (χ3n) is 2.25. The molecule has 1 aromatic rings. The van der Waals surface area contributed by atoms with Crippen molar-refractivity contribution in [1.82, 2.24) is 4.98 Å². The quantitative estimate of drug-likeness (QED) is 0.719. The Morgan fingerprint density at radius 3 is 2.93 bits per heavy atom. The summed E-state index contributed by atoms with van der Waals surface area (Å²) in [6, 6.07) is 4.10. The van der Waals surface area contributed by atoms with Crippen LogP contribution in [-0.4, -0.2) is 23.5 Å². The summed E-state index contributed by atoms with van der Waals surface area (Å²) < 4.78 is 0. The molecule has 2 nitrogen and oxygen atoms in total. The second-order valence-electron chi connectivity index (χ2n) is 3.70. The molecule has 1 rings (SSSR count). The van der Waals surface area contributed by atoms with Gasteiger partial charge in [-0.3, -0.25) is 0 Å². The number of hydrogen-bond donors (Lipinski definition) is 1. The number of pyridine rings is 1. The predicted molar refractivity (Wildman–Crippen MR) is 69.7 cm³/mol. The van der Waals surface area contributed by atoms with Crippen LogP contribution in [0.25, 0.3) is 0 Å². The second-order valence-corrected chi connectivity index (χ2v) is 4.68. The van der Waals surface area contributed by atoms with Gasteiger partial charge < -0.3 is 5.32 Å². The van der Waals surface area contributed by atoms with Crippen molar-refractivity contribution in [2.75, 3.05) is 23.9 Å². The second kappa shape index (κ2) is 7.57. The maximum atomic E-state index is 4.26. The average molecular weight is 224 g/mol. The van der Waals surface area contributed by atoms with E-state index >= 15 is 0 Å².